The smallest absolute Gasteiger partial charge is 0.388 e. The molecule has 2 aliphatic rings. The third kappa shape index (κ3) is 3.77. The Morgan fingerprint density at radius 3 is 2.79 bits per heavy atom. The van der Waals surface area contributed by atoms with Gasteiger partial charge in [0.25, 0.3) is 5.91 Å². The van der Waals surface area contributed by atoms with Gasteiger partial charge >= 0.3 is 12.6 Å². The van der Waals surface area contributed by atoms with E-state index in [1.165, 1.54) is 23.5 Å². The molecule has 1 unspecified atom stereocenters. The Labute approximate surface area is 168 Å². The van der Waals surface area contributed by atoms with Crippen molar-refractivity contribution in [1.29, 1.82) is 0 Å². The van der Waals surface area contributed by atoms with Gasteiger partial charge in [0.2, 0.25) is 0 Å². The van der Waals surface area contributed by atoms with Crippen molar-refractivity contribution in [2.24, 2.45) is 0 Å². The Kier molecular flexibility index (Phi) is 5.76. The Balaban J connectivity index is 1.98. The first-order valence-corrected chi connectivity index (χ1v) is 9.41. The van der Waals surface area contributed by atoms with Crippen molar-refractivity contribution in [2.45, 2.75) is 32.4 Å². The minimum Gasteiger partial charge on any atom is -0.496 e. The number of rotatable bonds is 6. The lowest BCUT2D eigenvalue weighted by atomic mass is 9.92. The van der Waals surface area contributed by atoms with E-state index in [9.17, 15) is 23.5 Å². The van der Waals surface area contributed by atoms with Gasteiger partial charge in [-0.25, -0.2) is 0 Å². The molecule has 150 valence electrons. The maximum Gasteiger partial charge on any atom is 0.388 e. The van der Waals surface area contributed by atoms with Crippen LogP contribution in [0.2, 0.25) is 0 Å². The highest BCUT2D eigenvalue weighted by Crippen LogP contribution is 2.44. The molecular formula is C18H16ClF2NO5S. The van der Waals surface area contributed by atoms with Gasteiger partial charge in [0.1, 0.15) is 5.76 Å². The molecule has 3 rings (SSSR count). The maximum atomic E-state index is 13.1. The van der Waals surface area contributed by atoms with Crippen LogP contribution in [0.5, 0.6) is 5.06 Å². The minimum atomic E-state index is -2.98. The third-order valence-corrected chi connectivity index (χ3v) is 5.70. The monoisotopic (exact) mass is 431 g/mol. The molecule has 1 aromatic heterocycles. The first kappa shape index (κ1) is 20.3. The summed E-state index contributed by atoms with van der Waals surface area (Å²) in [5.74, 6) is -1.06. The van der Waals surface area contributed by atoms with Gasteiger partial charge in [0, 0.05) is 23.6 Å². The van der Waals surface area contributed by atoms with E-state index in [0.717, 1.165) is 11.3 Å². The van der Waals surface area contributed by atoms with Crippen LogP contribution in [0.25, 0.3) is 0 Å². The van der Waals surface area contributed by atoms with Crippen LogP contribution in [0.1, 0.15) is 30.1 Å². The first-order valence-electron chi connectivity index (χ1n) is 8.16. The largest absolute Gasteiger partial charge is 0.496 e. The molecule has 0 spiro atoms. The molecule has 2 heterocycles. The summed E-state index contributed by atoms with van der Waals surface area (Å²) in [5.41, 5.74) is 1.80. The Hall–Kier alpha value is -2.39. The number of thiophene rings is 1. The lowest BCUT2D eigenvalue weighted by Gasteiger charge is -2.29. The van der Waals surface area contributed by atoms with E-state index < -0.39 is 24.5 Å². The standard InChI is InChI=1S/C18H16ClF2NO5S/c1-8-10(5-15(23)24)11-4-14(26-2)12(19)6-13(11)22(8)17(25)9-3-16(28-7-9)27-18(20)21/h3-4,7,13,18H,5-6H2,1-2H3,(H,23,24). The van der Waals surface area contributed by atoms with Gasteiger partial charge in [-0.05, 0) is 24.1 Å². The van der Waals surface area contributed by atoms with Crippen molar-refractivity contribution in [3.05, 3.63) is 50.7 Å². The number of alkyl halides is 2. The van der Waals surface area contributed by atoms with Crippen LogP contribution in [0.15, 0.2) is 45.2 Å². The summed E-state index contributed by atoms with van der Waals surface area (Å²) in [5, 5.41) is 11.0. The molecule has 1 amide bonds. The fourth-order valence-electron chi connectivity index (χ4n) is 3.36. The van der Waals surface area contributed by atoms with Gasteiger partial charge < -0.3 is 19.5 Å². The van der Waals surface area contributed by atoms with Gasteiger partial charge in [-0.15, -0.1) is 11.3 Å². The molecule has 0 saturated heterocycles. The van der Waals surface area contributed by atoms with Crippen LogP contribution >= 0.6 is 22.9 Å². The van der Waals surface area contributed by atoms with Gasteiger partial charge in [0.15, 0.2) is 5.06 Å². The van der Waals surface area contributed by atoms with Crippen LogP contribution in [-0.4, -0.2) is 41.6 Å². The van der Waals surface area contributed by atoms with Crippen molar-refractivity contribution < 1.29 is 33.0 Å². The average molecular weight is 432 g/mol. The second-order valence-electron chi connectivity index (χ2n) is 6.14. The van der Waals surface area contributed by atoms with Crippen LogP contribution in [0.3, 0.4) is 0 Å². The van der Waals surface area contributed by atoms with E-state index in [1.807, 2.05) is 0 Å². The van der Waals surface area contributed by atoms with Gasteiger partial charge in [0.05, 0.1) is 30.2 Å². The number of hydrogen-bond acceptors (Lipinski definition) is 5. The molecule has 1 atom stereocenters. The number of carboxylic acids is 1. The number of hydrogen-bond donors (Lipinski definition) is 1. The number of carbonyl (C=O) groups is 2. The molecule has 0 aromatic carbocycles. The SMILES string of the molecule is COC1=C(Cl)CC2C(=C1)C(CC(=O)O)=C(C)N2C(=O)c1csc(OC(F)F)c1. The second kappa shape index (κ2) is 7.92. The predicted molar refractivity (Wildman–Crippen MR) is 98.4 cm³/mol. The van der Waals surface area contributed by atoms with Crippen LogP contribution in [-0.2, 0) is 9.53 Å². The zero-order valence-electron chi connectivity index (χ0n) is 14.9. The van der Waals surface area contributed by atoms with Crippen molar-refractivity contribution in [3.8, 4) is 5.06 Å². The summed E-state index contributed by atoms with van der Waals surface area (Å²) in [6.45, 7) is -1.33. The zero-order valence-corrected chi connectivity index (χ0v) is 16.4. The van der Waals surface area contributed by atoms with Crippen molar-refractivity contribution >= 4 is 34.8 Å². The van der Waals surface area contributed by atoms with E-state index in [2.05, 4.69) is 4.74 Å². The Morgan fingerprint density at radius 2 is 2.18 bits per heavy atom. The average Bonchev–Trinajstić information content (AvgIpc) is 3.16. The van der Waals surface area contributed by atoms with E-state index in [0.29, 0.717) is 27.6 Å². The highest BCUT2D eigenvalue weighted by atomic mass is 35.5. The minimum absolute atomic E-state index is 0.0797. The molecule has 1 aromatic rings. The fraction of sp³-hybridized carbons (Fsp3) is 0.333. The quantitative estimate of drug-likeness (QED) is 0.724. The summed E-state index contributed by atoms with van der Waals surface area (Å²) >= 11 is 7.15. The number of ether oxygens (including phenoxy) is 2. The number of fused-ring (bicyclic) bond motifs is 1. The highest BCUT2D eigenvalue weighted by Gasteiger charge is 2.41. The van der Waals surface area contributed by atoms with Gasteiger partial charge in [-0.2, -0.15) is 8.78 Å². The molecule has 0 fully saturated rings. The topological polar surface area (TPSA) is 76.1 Å². The lowest BCUT2D eigenvalue weighted by Crippen LogP contribution is -2.37. The number of allylic oxidation sites excluding steroid dienone is 2. The number of amides is 1. The van der Waals surface area contributed by atoms with Crippen molar-refractivity contribution in [1.82, 2.24) is 4.90 Å². The van der Waals surface area contributed by atoms with E-state index in [4.69, 9.17) is 16.3 Å². The van der Waals surface area contributed by atoms with Gasteiger partial charge in [-0.1, -0.05) is 11.6 Å². The first-order chi connectivity index (χ1) is 13.2. The molecule has 1 aliphatic carbocycles. The summed E-state index contributed by atoms with van der Waals surface area (Å²) in [4.78, 5) is 25.9. The maximum absolute atomic E-state index is 13.1. The number of carbonyl (C=O) groups excluding carboxylic acids is 1. The molecule has 0 radical (unpaired) electrons. The van der Waals surface area contributed by atoms with Crippen molar-refractivity contribution in [2.75, 3.05) is 7.11 Å². The van der Waals surface area contributed by atoms with Crippen LogP contribution in [0, 0.1) is 0 Å². The molecule has 1 aliphatic heterocycles. The summed E-state index contributed by atoms with van der Waals surface area (Å²) in [6, 6.07) is 0.749. The summed E-state index contributed by atoms with van der Waals surface area (Å²) < 4.78 is 34.3. The summed E-state index contributed by atoms with van der Waals surface area (Å²) in [6.07, 6.45) is 1.63. The molecular weight excluding hydrogens is 416 g/mol. The fourth-order valence-corrected chi connectivity index (χ4v) is 4.38. The number of halogens is 3. The van der Waals surface area contributed by atoms with E-state index in [-0.39, 0.29) is 23.5 Å². The molecule has 28 heavy (non-hydrogen) atoms. The summed E-state index contributed by atoms with van der Waals surface area (Å²) in [7, 11) is 1.45. The van der Waals surface area contributed by atoms with E-state index in [1.54, 1.807) is 13.0 Å². The van der Waals surface area contributed by atoms with Crippen molar-refractivity contribution in [3.63, 3.8) is 0 Å². The van der Waals surface area contributed by atoms with Gasteiger partial charge in [-0.3, -0.25) is 9.59 Å². The third-order valence-electron chi connectivity index (χ3n) is 4.54. The number of nitrogens with zero attached hydrogens (tertiary/aromatic N) is 1. The molecule has 0 saturated carbocycles. The highest BCUT2D eigenvalue weighted by molar-refractivity contribution is 7.12. The molecule has 1 N–H and O–H groups in total. The van der Waals surface area contributed by atoms with E-state index >= 15 is 0 Å². The molecule has 6 nitrogen and oxygen atoms in total. The van der Waals surface area contributed by atoms with Crippen LogP contribution < -0.4 is 4.74 Å². The Bertz CT molecular complexity index is 921. The molecule has 0 bridgehead atoms. The number of aliphatic carboxylic acids is 1. The second-order valence-corrected chi connectivity index (χ2v) is 7.47. The molecule has 10 heteroatoms. The number of methoxy groups -OCH3 is 1. The normalized spacial score (nSPS) is 19.1. The lowest BCUT2D eigenvalue weighted by molar-refractivity contribution is -0.136. The van der Waals surface area contributed by atoms with Crippen LogP contribution in [0.4, 0.5) is 8.78 Å². The zero-order chi connectivity index (χ0) is 20.6. The number of carboxylic acid groups (broad SMARTS) is 1. The Morgan fingerprint density at radius 1 is 1.46 bits per heavy atom. The predicted octanol–water partition coefficient (Wildman–Crippen LogP) is 4.35.